The van der Waals surface area contributed by atoms with Crippen molar-refractivity contribution in [1.29, 1.82) is 0 Å². The third kappa shape index (κ3) is 11.7. The molecule has 1 aliphatic heterocycles. The first-order valence-corrected chi connectivity index (χ1v) is 9.02. The summed E-state index contributed by atoms with van der Waals surface area (Å²) in [5.41, 5.74) is 0. The molecule has 0 saturated carbocycles. The minimum Gasteiger partial charge on any atom is -0.481 e. The number of rotatable bonds is 11. The SMILES string of the molecule is CCC1OC1CC#CCCCCC#CCCCCCCC(=O)O. The molecule has 1 fully saturated rings. The van der Waals surface area contributed by atoms with E-state index in [1.807, 2.05) is 0 Å². The van der Waals surface area contributed by atoms with E-state index in [1.54, 1.807) is 0 Å². The first-order valence-electron chi connectivity index (χ1n) is 9.02. The van der Waals surface area contributed by atoms with Crippen LogP contribution >= 0.6 is 0 Å². The van der Waals surface area contributed by atoms with Gasteiger partial charge in [0.1, 0.15) is 0 Å². The second-order valence-corrected chi connectivity index (χ2v) is 6.05. The van der Waals surface area contributed by atoms with Crippen molar-refractivity contribution < 1.29 is 14.6 Å². The van der Waals surface area contributed by atoms with Gasteiger partial charge in [0.15, 0.2) is 0 Å². The summed E-state index contributed by atoms with van der Waals surface area (Å²) in [6.45, 7) is 2.15. The Kier molecular flexibility index (Phi) is 11.1. The maximum atomic E-state index is 10.3. The number of aliphatic carboxylic acids is 1. The first kappa shape index (κ1) is 19.6. The van der Waals surface area contributed by atoms with Crippen molar-refractivity contribution in [1.82, 2.24) is 0 Å². The molecule has 0 aromatic rings. The normalized spacial score (nSPS) is 18.5. The molecule has 0 aliphatic carbocycles. The van der Waals surface area contributed by atoms with E-state index in [0.717, 1.165) is 70.6 Å². The van der Waals surface area contributed by atoms with Gasteiger partial charge in [-0.05, 0) is 32.1 Å². The van der Waals surface area contributed by atoms with Gasteiger partial charge in [0.25, 0.3) is 0 Å². The average molecular weight is 318 g/mol. The number of ether oxygens (including phenoxy) is 1. The Hall–Kier alpha value is -1.45. The molecule has 1 heterocycles. The fraction of sp³-hybridized carbons (Fsp3) is 0.750. The molecule has 3 heteroatoms. The topological polar surface area (TPSA) is 49.8 Å². The smallest absolute Gasteiger partial charge is 0.303 e. The van der Waals surface area contributed by atoms with E-state index >= 15 is 0 Å². The van der Waals surface area contributed by atoms with Crippen LogP contribution in [0.3, 0.4) is 0 Å². The monoisotopic (exact) mass is 318 g/mol. The highest BCUT2D eigenvalue weighted by atomic mass is 16.6. The van der Waals surface area contributed by atoms with Gasteiger partial charge in [-0.2, -0.15) is 0 Å². The van der Waals surface area contributed by atoms with Gasteiger partial charge in [0, 0.05) is 32.1 Å². The molecule has 23 heavy (non-hydrogen) atoms. The minimum atomic E-state index is -0.694. The second kappa shape index (κ2) is 13.0. The molecule has 0 amide bonds. The van der Waals surface area contributed by atoms with Gasteiger partial charge >= 0.3 is 5.97 Å². The van der Waals surface area contributed by atoms with E-state index in [1.165, 1.54) is 0 Å². The zero-order valence-corrected chi connectivity index (χ0v) is 14.4. The van der Waals surface area contributed by atoms with Gasteiger partial charge in [0.2, 0.25) is 0 Å². The summed E-state index contributed by atoms with van der Waals surface area (Å²) in [6.07, 6.45) is 12.2. The van der Waals surface area contributed by atoms with Gasteiger partial charge in [0.05, 0.1) is 12.2 Å². The van der Waals surface area contributed by atoms with Crippen molar-refractivity contribution in [2.45, 2.75) is 96.2 Å². The average Bonchev–Trinajstić information content (AvgIpc) is 3.29. The van der Waals surface area contributed by atoms with Crippen LogP contribution in [0.1, 0.15) is 84.0 Å². The molecule has 0 aromatic carbocycles. The van der Waals surface area contributed by atoms with Gasteiger partial charge in [-0.1, -0.05) is 19.8 Å². The first-order chi connectivity index (χ1) is 11.2. The Morgan fingerprint density at radius 2 is 1.43 bits per heavy atom. The molecule has 1 rings (SSSR count). The van der Waals surface area contributed by atoms with Crippen LogP contribution in [0.25, 0.3) is 0 Å². The quantitative estimate of drug-likeness (QED) is 0.345. The lowest BCUT2D eigenvalue weighted by molar-refractivity contribution is -0.137. The maximum absolute atomic E-state index is 10.3. The van der Waals surface area contributed by atoms with Gasteiger partial charge < -0.3 is 9.84 Å². The molecule has 1 saturated heterocycles. The van der Waals surface area contributed by atoms with Crippen LogP contribution in [-0.2, 0) is 9.53 Å². The summed E-state index contributed by atoms with van der Waals surface area (Å²) in [4.78, 5) is 10.3. The summed E-state index contributed by atoms with van der Waals surface area (Å²) >= 11 is 0. The standard InChI is InChI=1S/C20H30O3/c1-2-18-19(23-18)16-14-12-10-8-6-4-3-5-7-9-11-13-15-17-20(21)22/h18-19H,2,4,6-11,13,15-17H2,1H3,(H,21,22). The summed E-state index contributed by atoms with van der Waals surface area (Å²) in [5, 5.41) is 8.52. The molecule has 2 atom stereocenters. The molecule has 0 bridgehead atoms. The Bertz CT molecular complexity index is 447. The van der Waals surface area contributed by atoms with Crippen molar-refractivity contribution >= 4 is 5.97 Å². The van der Waals surface area contributed by atoms with Gasteiger partial charge in [-0.15, -0.1) is 23.7 Å². The summed E-state index contributed by atoms with van der Waals surface area (Å²) in [7, 11) is 0. The largest absolute Gasteiger partial charge is 0.481 e. The lowest BCUT2D eigenvalue weighted by Gasteiger charge is -1.95. The molecule has 0 spiro atoms. The van der Waals surface area contributed by atoms with Gasteiger partial charge in [-0.3, -0.25) is 4.79 Å². The third-order valence-corrected chi connectivity index (χ3v) is 3.94. The summed E-state index contributed by atoms with van der Waals surface area (Å²) < 4.78 is 5.44. The Morgan fingerprint density at radius 1 is 0.870 bits per heavy atom. The highest BCUT2D eigenvalue weighted by molar-refractivity contribution is 5.66. The van der Waals surface area contributed by atoms with Crippen molar-refractivity contribution in [2.24, 2.45) is 0 Å². The molecular formula is C20H30O3. The van der Waals surface area contributed by atoms with Gasteiger partial charge in [-0.25, -0.2) is 0 Å². The van der Waals surface area contributed by atoms with Crippen molar-refractivity contribution in [3.8, 4) is 23.7 Å². The molecule has 0 aromatic heterocycles. The van der Waals surface area contributed by atoms with E-state index in [2.05, 4.69) is 30.6 Å². The molecule has 1 N–H and O–H groups in total. The minimum absolute atomic E-state index is 0.293. The lowest BCUT2D eigenvalue weighted by Crippen LogP contribution is -1.93. The molecule has 0 radical (unpaired) electrons. The molecular weight excluding hydrogens is 288 g/mol. The van der Waals surface area contributed by atoms with E-state index in [-0.39, 0.29) is 0 Å². The number of carboxylic acids is 1. The fourth-order valence-electron chi connectivity index (χ4n) is 2.43. The number of hydrogen-bond acceptors (Lipinski definition) is 2. The second-order valence-electron chi connectivity index (χ2n) is 6.05. The zero-order valence-electron chi connectivity index (χ0n) is 14.4. The maximum Gasteiger partial charge on any atom is 0.303 e. The number of carbonyl (C=O) groups is 1. The Labute approximate surface area is 141 Å². The lowest BCUT2D eigenvalue weighted by atomic mass is 10.1. The molecule has 2 unspecified atom stereocenters. The predicted molar refractivity (Wildman–Crippen MR) is 92.9 cm³/mol. The van der Waals surface area contributed by atoms with Crippen molar-refractivity contribution in [3.05, 3.63) is 0 Å². The van der Waals surface area contributed by atoms with Crippen LogP contribution < -0.4 is 0 Å². The van der Waals surface area contributed by atoms with E-state index in [4.69, 9.17) is 9.84 Å². The van der Waals surface area contributed by atoms with E-state index in [9.17, 15) is 4.79 Å². The molecule has 128 valence electrons. The zero-order chi connectivity index (χ0) is 16.8. The third-order valence-electron chi connectivity index (χ3n) is 3.94. The fourth-order valence-corrected chi connectivity index (χ4v) is 2.43. The highest BCUT2D eigenvalue weighted by Gasteiger charge is 2.35. The molecule has 3 nitrogen and oxygen atoms in total. The number of unbranched alkanes of at least 4 members (excludes halogenated alkanes) is 7. The van der Waals surface area contributed by atoms with Crippen LogP contribution in [0, 0.1) is 23.7 Å². The van der Waals surface area contributed by atoms with E-state index in [0.29, 0.717) is 18.6 Å². The van der Waals surface area contributed by atoms with E-state index < -0.39 is 5.97 Å². The number of epoxide rings is 1. The van der Waals surface area contributed by atoms with Crippen LogP contribution in [-0.4, -0.2) is 23.3 Å². The van der Waals surface area contributed by atoms with Crippen LogP contribution in [0.5, 0.6) is 0 Å². The Morgan fingerprint density at radius 3 is 2.00 bits per heavy atom. The summed E-state index contributed by atoms with van der Waals surface area (Å²) in [5.74, 6) is 12.1. The van der Waals surface area contributed by atoms with Crippen molar-refractivity contribution in [3.63, 3.8) is 0 Å². The van der Waals surface area contributed by atoms with Crippen LogP contribution in [0.15, 0.2) is 0 Å². The predicted octanol–water partition coefficient (Wildman–Crippen LogP) is 4.55. The Balaban J connectivity index is 1.81. The van der Waals surface area contributed by atoms with Crippen LogP contribution in [0.4, 0.5) is 0 Å². The number of hydrogen-bond donors (Lipinski definition) is 1. The number of carboxylic acid groups (broad SMARTS) is 1. The highest BCUT2D eigenvalue weighted by Crippen LogP contribution is 2.27. The van der Waals surface area contributed by atoms with Crippen LogP contribution in [0.2, 0.25) is 0 Å². The molecule has 1 aliphatic rings. The summed E-state index contributed by atoms with van der Waals surface area (Å²) in [6, 6.07) is 0. The van der Waals surface area contributed by atoms with Crippen molar-refractivity contribution in [2.75, 3.05) is 0 Å².